The van der Waals surface area contributed by atoms with E-state index in [0.717, 1.165) is 28.2 Å². The molecule has 4 N–H and O–H groups in total. The molecule has 1 aromatic heterocycles. The number of nitrogens with one attached hydrogen (secondary N) is 2. The molecule has 0 spiro atoms. The number of benzene rings is 2. The van der Waals surface area contributed by atoms with Gasteiger partial charge in [-0.2, -0.15) is 0 Å². The average Bonchev–Trinajstić information content (AvgIpc) is 2.98. The molecular formula is C17H15FN4S. The summed E-state index contributed by atoms with van der Waals surface area (Å²) >= 11 is 1.10. The first-order valence-corrected chi connectivity index (χ1v) is 7.77. The highest BCUT2D eigenvalue weighted by Gasteiger charge is 2.12. The summed E-state index contributed by atoms with van der Waals surface area (Å²) in [6, 6.07) is 12.2. The van der Waals surface area contributed by atoms with Crippen LogP contribution in [0.3, 0.4) is 0 Å². The number of fused-ring (bicyclic) bond motifs is 1. The number of nitrogens with two attached hydrogens (primary N) is 1. The summed E-state index contributed by atoms with van der Waals surface area (Å²) in [6.45, 7) is 0. The van der Waals surface area contributed by atoms with Gasteiger partial charge >= 0.3 is 0 Å². The normalized spacial score (nSPS) is 11.8. The predicted molar refractivity (Wildman–Crippen MR) is 95.7 cm³/mol. The summed E-state index contributed by atoms with van der Waals surface area (Å²) in [4.78, 5) is 6.98. The lowest BCUT2D eigenvalue weighted by atomic mass is 10.0. The van der Waals surface area contributed by atoms with E-state index in [-0.39, 0.29) is 5.82 Å². The summed E-state index contributed by atoms with van der Waals surface area (Å²) < 4.78 is 14.1. The van der Waals surface area contributed by atoms with Crippen molar-refractivity contribution in [1.29, 1.82) is 5.41 Å². The van der Waals surface area contributed by atoms with Crippen molar-refractivity contribution in [2.45, 2.75) is 0 Å². The number of hydrogen-bond acceptors (Lipinski definition) is 3. The van der Waals surface area contributed by atoms with Crippen molar-refractivity contribution in [2.24, 2.45) is 10.7 Å². The lowest BCUT2D eigenvalue weighted by Gasteiger charge is -2.05. The van der Waals surface area contributed by atoms with E-state index in [1.807, 2.05) is 18.2 Å². The fraction of sp³-hybridized carbons (Fsp3) is 0.0588. The Kier molecular flexibility index (Phi) is 4.16. The molecule has 4 nitrogen and oxygen atoms in total. The number of thioether (sulfide) groups is 1. The third kappa shape index (κ3) is 2.98. The van der Waals surface area contributed by atoms with Crippen molar-refractivity contribution < 1.29 is 4.39 Å². The standard InChI is InChI=1S/C17H15FN4S/c1-21-17(20)23-16(19)10-6-7-15-12(8-10)13(9-22-15)11-4-2-3-5-14(11)18/h2-9,19,22H,1H3,(H2,20,21). The topological polar surface area (TPSA) is 78.0 Å². The molecule has 0 radical (unpaired) electrons. The number of rotatable bonds is 2. The SMILES string of the molecule is CN=C(N)SC(=N)c1ccc2[nH]cc(-c3ccccc3F)c2c1. The van der Waals surface area contributed by atoms with Gasteiger partial charge in [0, 0.05) is 40.8 Å². The van der Waals surface area contributed by atoms with E-state index < -0.39 is 0 Å². The van der Waals surface area contributed by atoms with E-state index in [4.69, 9.17) is 11.1 Å². The first-order valence-electron chi connectivity index (χ1n) is 6.95. The number of amidine groups is 1. The Bertz CT molecular complexity index is 914. The van der Waals surface area contributed by atoms with Crippen LogP contribution in [0, 0.1) is 11.2 Å². The van der Waals surface area contributed by atoms with E-state index >= 15 is 0 Å². The van der Waals surface area contributed by atoms with Gasteiger partial charge in [0.2, 0.25) is 0 Å². The van der Waals surface area contributed by atoms with E-state index in [2.05, 4.69) is 9.98 Å². The molecule has 0 saturated heterocycles. The third-order valence-electron chi connectivity index (χ3n) is 3.53. The zero-order valence-corrected chi connectivity index (χ0v) is 13.2. The molecule has 0 aliphatic carbocycles. The highest BCUT2D eigenvalue weighted by atomic mass is 32.2. The van der Waals surface area contributed by atoms with Crippen molar-refractivity contribution in [3.8, 4) is 11.1 Å². The van der Waals surface area contributed by atoms with Crippen molar-refractivity contribution >= 4 is 32.9 Å². The number of aliphatic imine (C=N–C) groups is 1. The fourth-order valence-electron chi connectivity index (χ4n) is 2.37. The summed E-state index contributed by atoms with van der Waals surface area (Å²) in [5.74, 6) is -0.273. The molecule has 3 rings (SSSR count). The average molecular weight is 326 g/mol. The van der Waals surface area contributed by atoms with Gasteiger partial charge in [0.05, 0.1) is 0 Å². The van der Waals surface area contributed by atoms with Crippen LogP contribution < -0.4 is 5.73 Å². The monoisotopic (exact) mass is 326 g/mol. The van der Waals surface area contributed by atoms with Gasteiger partial charge in [0.25, 0.3) is 0 Å². The molecule has 0 saturated carbocycles. The zero-order chi connectivity index (χ0) is 16.4. The van der Waals surface area contributed by atoms with Crippen LogP contribution in [0.2, 0.25) is 0 Å². The molecule has 0 aliphatic rings. The van der Waals surface area contributed by atoms with Gasteiger partial charge in [-0.3, -0.25) is 10.4 Å². The van der Waals surface area contributed by atoms with Crippen LogP contribution >= 0.6 is 11.8 Å². The molecule has 0 atom stereocenters. The van der Waals surface area contributed by atoms with E-state index in [1.165, 1.54) is 6.07 Å². The predicted octanol–water partition coefficient (Wildman–Crippen LogP) is 3.98. The van der Waals surface area contributed by atoms with Gasteiger partial charge in [0.15, 0.2) is 5.17 Å². The molecule has 1 heterocycles. The van der Waals surface area contributed by atoms with E-state index in [0.29, 0.717) is 21.3 Å². The number of nitrogens with zero attached hydrogens (tertiary/aromatic N) is 1. The lowest BCUT2D eigenvalue weighted by molar-refractivity contribution is 0.631. The first-order chi connectivity index (χ1) is 11.1. The number of hydrogen-bond donors (Lipinski definition) is 3. The van der Waals surface area contributed by atoms with Crippen LogP contribution in [-0.2, 0) is 0 Å². The van der Waals surface area contributed by atoms with Crippen LogP contribution in [0.25, 0.3) is 22.0 Å². The Morgan fingerprint density at radius 2 is 2.00 bits per heavy atom. The highest BCUT2D eigenvalue weighted by molar-refractivity contribution is 8.26. The van der Waals surface area contributed by atoms with Crippen LogP contribution in [0.1, 0.15) is 5.56 Å². The molecule has 0 unspecified atom stereocenters. The summed E-state index contributed by atoms with van der Waals surface area (Å²) in [7, 11) is 1.58. The fourth-order valence-corrected chi connectivity index (χ4v) is 2.92. The number of halogens is 1. The number of aromatic nitrogens is 1. The second-order valence-corrected chi connectivity index (χ2v) is 5.97. The van der Waals surface area contributed by atoms with Gasteiger partial charge in [0.1, 0.15) is 10.9 Å². The minimum atomic E-state index is -0.273. The van der Waals surface area contributed by atoms with Crippen molar-refractivity contribution in [3.05, 3.63) is 60.0 Å². The Morgan fingerprint density at radius 3 is 2.74 bits per heavy atom. The maximum absolute atomic E-state index is 14.1. The van der Waals surface area contributed by atoms with E-state index in [9.17, 15) is 4.39 Å². The molecule has 116 valence electrons. The number of aromatic amines is 1. The molecule has 6 heteroatoms. The van der Waals surface area contributed by atoms with Crippen molar-refractivity contribution in [2.75, 3.05) is 7.05 Å². The quantitative estimate of drug-likeness (QED) is 0.492. The van der Waals surface area contributed by atoms with Crippen molar-refractivity contribution in [1.82, 2.24) is 4.98 Å². The van der Waals surface area contributed by atoms with Gasteiger partial charge in [-0.15, -0.1) is 0 Å². The Morgan fingerprint density at radius 1 is 1.22 bits per heavy atom. The number of H-pyrrole nitrogens is 1. The highest BCUT2D eigenvalue weighted by Crippen LogP contribution is 2.31. The molecule has 0 aliphatic heterocycles. The minimum Gasteiger partial charge on any atom is -0.378 e. The molecule has 2 aromatic carbocycles. The van der Waals surface area contributed by atoms with Crippen LogP contribution in [0.5, 0.6) is 0 Å². The molecule has 3 aromatic rings. The first kappa shape index (κ1) is 15.3. The maximum Gasteiger partial charge on any atom is 0.160 e. The van der Waals surface area contributed by atoms with Crippen LogP contribution in [0.4, 0.5) is 4.39 Å². The van der Waals surface area contributed by atoms with Gasteiger partial charge in [-0.25, -0.2) is 4.39 Å². The second-order valence-electron chi connectivity index (χ2n) is 4.94. The molecule has 0 bridgehead atoms. The van der Waals surface area contributed by atoms with Crippen LogP contribution in [0.15, 0.2) is 53.7 Å². The van der Waals surface area contributed by atoms with Gasteiger partial charge < -0.3 is 10.7 Å². The third-order valence-corrected chi connectivity index (χ3v) is 4.37. The largest absolute Gasteiger partial charge is 0.378 e. The summed E-state index contributed by atoms with van der Waals surface area (Å²) in [6.07, 6.45) is 1.78. The minimum absolute atomic E-state index is 0.273. The molecule has 0 amide bonds. The Balaban J connectivity index is 2.08. The van der Waals surface area contributed by atoms with Gasteiger partial charge in [-0.1, -0.05) is 24.3 Å². The molecule has 23 heavy (non-hydrogen) atoms. The van der Waals surface area contributed by atoms with Crippen LogP contribution in [-0.4, -0.2) is 22.2 Å². The second kappa shape index (κ2) is 6.26. The van der Waals surface area contributed by atoms with E-state index in [1.54, 1.807) is 31.4 Å². The Labute approximate surface area is 137 Å². The van der Waals surface area contributed by atoms with Gasteiger partial charge in [-0.05, 0) is 30.0 Å². The molecular weight excluding hydrogens is 311 g/mol. The Hall–Kier alpha value is -2.60. The zero-order valence-electron chi connectivity index (χ0n) is 12.4. The van der Waals surface area contributed by atoms with Crippen molar-refractivity contribution in [3.63, 3.8) is 0 Å². The summed E-state index contributed by atoms with van der Waals surface area (Å²) in [5.41, 5.74) is 8.57. The molecule has 0 fully saturated rings. The smallest absolute Gasteiger partial charge is 0.160 e. The lowest BCUT2D eigenvalue weighted by Crippen LogP contribution is -2.10. The summed E-state index contributed by atoms with van der Waals surface area (Å²) in [5, 5.41) is 9.63. The maximum atomic E-state index is 14.1.